The number of quaternary nitrogens is 1. The summed E-state index contributed by atoms with van der Waals surface area (Å²) in [6.07, 6.45) is 9.73. The Balaban J connectivity index is 1.32. The first kappa shape index (κ1) is 25.4. The molecule has 8 nitrogen and oxygen atoms in total. The maximum atomic E-state index is 10.2. The van der Waals surface area contributed by atoms with Crippen molar-refractivity contribution in [2.45, 2.75) is 96.9 Å². The zero-order chi connectivity index (χ0) is 25.7. The van der Waals surface area contributed by atoms with Gasteiger partial charge in [0, 0.05) is 61.3 Å². The van der Waals surface area contributed by atoms with Crippen molar-refractivity contribution in [3.05, 3.63) is 34.3 Å². The van der Waals surface area contributed by atoms with Crippen LogP contribution in [0.3, 0.4) is 0 Å². The van der Waals surface area contributed by atoms with Crippen molar-refractivity contribution >= 4 is 17.7 Å². The van der Waals surface area contributed by atoms with Crippen molar-refractivity contribution in [3.8, 4) is 0 Å². The third-order valence-corrected chi connectivity index (χ3v) is 9.07. The zero-order valence-electron chi connectivity index (χ0n) is 22.7. The van der Waals surface area contributed by atoms with Crippen LogP contribution in [0.25, 0.3) is 0 Å². The number of aromatic nitrogens is 3. The number of nitrogens with two attached hydrogens (primary N) is 1. The van der Waals surface area contributed by atoms with Gasteiger partial charge >= 0.3 is 0 Å². The molecule has 5 N–H and O–H groups in total. The van der Waals surface area contributed by atoms with Crippen LogP contribution in [0.5, 0.6) is 0 Å². The number of β-amino-alcohol motifs (C(OH)–C–C–N with tert-alkyl or cyclic N) is 1. The number of aryl methyl sites for hydroxylation is 2. The number of fused-ring (bicyclic) bond motifs is 4. The van der Waals surface area contributed by atoms with Gasteiger partial charge in [-0.1, -0.05) is 0 Å². The maximum Gasteiger partial charge on any atom is 0.235 e. The van der Waals surface area contributed by atoms with Crippen LogP contribution in [0.15, 0.2) is 6.07 Å². The Kier molecular flexibility index (Phi) is 6.50. The van der Waals surface area contributed by atoms with E-state index in [0.717, 1.165) is 54.5 Å². The summed E-state index contributed by atoms with van der Waals surface area (Å²) in [5.74, 6) is 0.889. The van der Waals surface area contributed by atoms with Gasteiger partial charge in [0.1, 0.15) is 0 Å². The second kappa shape index (κ2) is 9.23. The molecular formula is C28H44N7O+. The van der Waals surface area contributed by atoms with Crippen molar-refractivity contribution in [2.75, 3.05) is 25.0 Å². The predicted molar refractivity (Wildman–Crippen MR) is 143 cm³/mol. The van der Waals surface area contributed by atoms with E-state index < -0.39 is 5.60 Å². The fourth-order valence-corrected chi connectivity index (χ4v) is 6.81. The summed E-state index contributed by atoms with van der Waals surface area (Å²) in [5, 5.41) is 29.0. The lowest BCUT2D eigenvalue weighted by atomic mass is 9.57. The number of hydrogen-bond donors (Lipinski definition) is 4. The molecule has 1 aliphatic heterocycles. The average molecular weight is 495 g/mol. The second-order valence-electron chi connectivity index (χ2n) is 12.3. The van der Waals surface area contributed by atoms with Gasteiger partial charge in [-0.15, -0.1) is 0 Å². The Morgan fingerprint density at radius 1 is 1.19 bits per heavy atom. The number of rotatable bonds is 8. The number of anilines is 1. The Bertz CT molecular complexity index is 1120. The fraction of sp³-hybridized carbons (Fsp3) is 0.679. The van der Waals surface area contributed by atoms with E-state index in [1.165, 1.54) is 56.0 Å². The number of pyridine rings is 1. The minimum absolute atomic E-state index is 0.214. The first-order chi connectivity index (χ1) is 17.1. The van der Waals surface area contributed by atoms with Crippen LogP contribution in [-0.2, 0) is 19.5 Å². The van der Waals surface area contributed by atoms with E-state index in [0.29, 0.717) is 12.0 Å². The maximum absolute atomic E-state index is 10.2. The highest BCUT2D eigenvalue weighted by molar-refractivity contribution is 5.90. The van der Waals surface area contributed by atoms with E-state index in [9.17, 15) is 5.11 Å². The lowest BCUT2D eigenvalue weighted by Gasteiger charge is -2.54. The Morgan fingerprint density at radius 2 is 1.89 bits per heavy atom. The van der Waals surface area contributed by atoms with Gasteiger partial charge in [-0.2, -0.15) is 5.10 Å². The molecule has 0 saturated heterocycles. The molecule has 0 unspecified atom stereocenters. The molecular weight excluding hydrogens is 450 g/mol. The molecule has 0 amide bonds. The summed E-state index contributed by atoms with van der Waals surface area (Å²) < 4.78 is 2.35. The van der Waals surface area contributed by atoms with E-state index in [4.69, 9.17) is 10.5 Å². The van der Waals surface area contributed by atoms with Gasteiger partial charge in [0.05, 0.1) is 29.6 Å². The molecule has 3 aliphatic carbocycles. The van der Waals surface area contributed by atoms with Crippen molar-refractivity contribution in [1.82, 2.24) is 20.1 Å². The highest BCUT2D eigenvalue weighted by Gasteiger charge is 2.49. The van der Waals surface area contributed by atoms with E-state index in [2.05, 4.69) is 32.9 Å². The quantitative estimate of drug-likeness (QED) is 0.422. The van der Waals surface area contributed by atoms with Crippen LogP contribution in [0.1, 0.15) is 80.6 Å². The average Bonchev–Trinajstić information content (AvgIpc) is 3.17. The van der Waals surface area contributed by atoms with Gasteiger partial charge in [-0.05, 0) is 77.7 Å². The lowest BCUT2D eigenvalue weighted by Crippen LogP contribution is -2.74. The molecule has 3 saturated carbocycles. The highest BCUT2D eigenvalue weighted by Crippen LogP contribution is 2.53. The molecule has 4 aliphatic rings. The number of nitrogens with one attached hydrogen (secondary N) is 2. The second-order valence-corrected chi connectivity index (χ2v) is 12.3. The van der Waals surface area contributed by atoms with E-state index in [1.807, 2.05) is 33.1 Å². The molecule has 0 atom stereocenters. The number of nitrogens with zero attached hydrogens (tertiary/aromatic N) is 4. The van der Waals surface area contributed by atoms with Crippen molar-refractivity contribution in [1.29, 1.82) is 5.41 Å². The Morgan fingerprint density at radius 3 is 2.50 bits per heavy atom. The molecule has 196 valence electrons. The highest BCUT2D eigenvalue weighted by atomic mass is 16.3. The van der Waals surface area contributed by atoms with Gasteiger partial charge < -0.3 is 20.7 Å². The zero-order valence-corrected chi connectivity index (χ0v) is 22.7. The largest absolute Gasteiger partial charge is 0.389 e. The number of aliphatic hydroxyl groups is 1. The molecule has 2 bridgehead atoms. The van der Waals surface area contributed by atoms with Crippen LogP contribution in [0, 0.1) is 24.7 Å². The van der Waals surface area contributed by atoms with Crippen LogP contribution >= 0.6 is 0 Å². The van der Waals surface area contributed by atoms with Crippen molar-refractivity contribution in [3.63, 3.8) is 0 Å². The van der Waals surface area contributed by atoms with Gasteiger partial charge in [0.2, 0.25) is 5.82 Å². The van der Waals surface area contributed by atoms with E-state index in [1.54, 1.807) is 0 Å². The number of hydrogen-bond acceptors (Lipinski definition) is 6. The summed E-state index contributed by atoms with van der Waals surface area (Å²) in [5.41, 5.74) is 6.81. The molecule has 0 radical (unpaired) electrons. The van der Waals surface area contributed by atoms with Gasteiger partial charge in [-0.3, -0.25) is 10.00 Å². The van der Waals surface area contributed by atoms with Crippen molar-refractivity contribution < 1.29 is 10.4 Å². The molecule has 3 heterocycles. The fourth-order valence-electron chi connectivity index (χ4n) is 6.81. The minimum atomic E-state index is -0.662. The summed E-state index contributed by atoms with van der Waals surface area (Å²) in [4.78, 5) is 7.04. The third-order valence-electron chi connectivity index (χ3n) is 9.07. The first-order valence-corrected chi connectivity index (χ1v) is 13.7. The van der Waals surface area contributed by atoms with E-state index in [-0.39, 0.29) is 5.54 Å². The molecule has 8 heteroatoms. The Hall–Kier alpha value is -2.29. The van der Waals surface area contributed by atoms with Gasteiger partial charge in [0.25, 0.3) is 0 Å². The first-order valence-electron chi connectivity index (χ1n) is 13.7. The molecule has 6 rings (SSSR count). The summed E-state index contributed by atoms with van der Waals surface area (Å²) in [7, 11) is 1.99. The van der Waals surface area contributed by atoms with Crippen LogP contribution in [0.4, 0.5) is 11.5 Å². The molecule has 0 spiro atoms. The standard InChI is InChI=1S/C28H43N7O/c1-19-14-24(21(15-29)25(30-5)32-19)34-13-6-23-22(16-34)20(2)33-35(23)18-27-7-10-28(11-8-27,12-9-27)31-17-26(3,4)36/h14-15,29,31,36H,6-13,16-18H2,1-5H3,(H,30,32)/p+1. The predicted octanol–water partition coefficient (Wildman–Crippen LogP) is 2.73. The van der Waals surface area contributed by atoms with Crippen LogP contribution in [0.2, 0.25) is 0 Å². The third kappa shape index (κ3) is 4.71. The van der Waals surface area contributed by atoms with E-state index >= 15 is 0 Å². The summed E-state index contributed by atoms with van der Waals surface area (Å²) in [6.45, 7) is 11.4. The molecule has 0 aromatic carbocycles. The van der Waals surface area contributed by atoms with Gasteiger partial charge in [0.15, 0.2) is 0 Å². The lowest BCUT2D eigenvalue weighted by molar-refractivity contribution is -0.543. The Labute approximate surface area is 215 Å². The summed E-state index contributed by atoms with van der Waals surface area (Å²) in [6, 6.07) is 2.12. The summed E-state index contributed by atoms with van der Waals surface area (Å²) >= 11 is 0. The van der Waals surface area contributed by atoms with Crippen molar-refractivity contribution in [2.24, 2.45) is 5.41 Å². The SMILES string of the molecule is C[NH2+]c1nc(C)cc(N2CCc3c(c(C)nn3CC34CCC(NCC(C)(C)O)(CC3)CC4)C2)c1C=N. The van der Waals surface area contributed by atoms with Crippen LogP contribution in [-0.4, -0.2) is 57.4 Å². The molecule has 3 fully saturated rings. The smallest absolute Gasteiger partial charge is 0.235 e. The van der Waals surface area contributed by atoms with Gasteiger partial charge in [-0.25, -0.2) is 4.98 Å². The minimum Gasteiger partial charge on any atom is -0.389 e. The molecule has 2 aromatic heterocycles. The molecule has 36 heavy (non-hydrogen) atoms. The monoisotopic (exact) mass is 494 g/mol. The molecule has 2 aromatic rings. The normalized spacial score (nSPS) is 25.8. The van der Waals surface area contributed by atoms with Crippen LogP contribution < -0.4 is 15.5 Å². The topological polar surface area (TPSA) is 107 Å².